The summed E-state index contributed by atoms with van der Waals surface area (Å²) >= 11 is 0. The number of piperidine rings is 1. The van der Waals surface area contributed by atoms with E-state index in [4.69, 9.17) is 0 Å². The summed E-state index contributed by atoms with van der Waals surface area (Å²) in [6.45, 7) is 2.25. The lowest BCUT2D eigenvalue weighted by atomic mass is 9.98. The van der Waals surface area contributed by atoms with E-state index in [1.54, 1.807) is 0 Å². The van der Waals surface area contributed by atoms with Crippen LogP contribution in [0.5, 0.6) is 5.75 Å². The standard InChI is InChI=1S/C31H32NOP/c33-31-27(21-25-14-6-2-7-15-25)22-26(20-24-12-4-1-5-13-24)23-30(31)34-29-17-9-8-16-28(29)32-18-10-3-11-19-32/h1-2,4-9,12-17,22-23,33-34H,3,10-11,18-21H2. The molecule has 34 heavy (non-hydrogen) atoms. The molecule has 1 aliphatic rings. The van der Waals surface area contributed by atoms with Crippen molar-refractivity contribution in [2.24, 2.45) is 0 Å². The van der Waals surface area contributed by atoms with E-state index in [2.05, 4.69) is 95.9 Å². The highest BCUT2D eigenvalue weighted by Gasteiger charge is 2.17. The lowest BCUT2D eigenvalue weighted by molar-refractivity contribution is 0.474. The summed E-state index contributed by atoms with van der Waals surface area (Å²) in [5.41, 5.74) is 6.11. The van der Waals surface area contributed by atoms with E-state index >= 15 is 0 Å². The summed E-state index contributed by atoms with van der Waals surface area (Å²) in [6, 6.07) is 34.2. The van der Waals surface area contributed by atoms with Crippen molar-refractivity contribution in [3.63, 3.8) is 0 Å². The summed E-state index contributed by atoms with van der Waals surface area (Å²) in [6.07, 6.45) is 5.45. The first-order valence-electron chi connectivity index (χ1n) is 12.3. The van der Waals surface area contributed by atoms with Crippen LogP contribution < -0.4 is 15.5 Å². The fourth-order valence-electron chi connectivity index (χ4n) is 4.87. The third kappa shape index (κ3) is 5.51. The molecule has 172 valence electrons. The van der Waals surface area contributed by atoms with Gasteiger partial charge in [0.25, 0.3) is 0 Å². The van der Waals surface area contributed by atoms with Crippen LogP contribution in [0.1, 0.15) is 41.5 Å². The summed E-state index contributed by atoms with van der Waals surface area (Å²) in [5, 5.41) is 13.8. The molecule has 4 aromatic rings. The van der Waals surface area contributed by atoms with Gasteiger partial charge in [0.05, 0.1) is 0 Å². The van der Waals surface area contributed by atoms with Crippen molar-refractivity contribution < 1.29 is 5.11 Å². The van der Waals surface area contributed by atoms with Gasteiger partial charge in [0.2, 0.25) is 0 Å². The second-order valence-electron chi connectivity index (χ2n) is 9.17. The zero-order valence-electron chi connectivity index (χ0n) is 19.6. The molecule has 5 rings (SSSR count). The van der Waals surface area contributed by atoms with E-state index in [1.807, 2.05) is 6.07 Å². The fraction of sp³-hybridized carbons (Fsp3) is 0.226. The molecule has 1 aliphatic heterocycles. The van der Waals surface area contributed by atoms with Crippen molar-refractivity contribution in [2.45, 2.75) is 32.1 Å². The fourth-order valence-corrected chi connectivity index (χ4v) is 6.25. The van der Waals surface area contributed by atoms with Gasteiger partial charge in [0, 0.05) is 35.8 Å². The number of para-hydroxylation sites is 1. The molecule has 1 saturated heterocycles. The normalized spacial score (nSPS) is 14.1. The number of phenolic OH excluding ortho intramolecular Hbond substituents is 1. The van der Waals surface area contributed by atoms with Gasteiger partial charge in [0.1, 0.15) is 5.75 Å². The lowest BCUT2D eigenvalue weighted by Gasteiger charge is -2.30. The van der Waals surface area contributed by atoms with Crippen LogP contribution in [0, 0.1) is 0 Å². The van der Waals surface area contributed by atoms with Crippen molar-refractivity contribution in [1.82, 2.24) is 0 Å². The molecular weight excluding hydrogens is 433 g/mol. The maximum Gasteiger partial charge on any atom is 0.126 e. The molecule has 1 unspecified atom stereocenters. The van der Waals surface area contributed by atoms with Crippen LogP contribution in [0.3, 0.4) is 0 Å². The van der Waals surface area contributed by atoms with E-state index in [1.165, 1.54) is 46.9 Å². The van der Waals surface area contributed by atoms with Gasteiger partial charge in [-0.2, -0.15) is 0 Å². The number of anilines is 1. The SMILES string of the molecule is Oc1c(Cc2ccccc2)cc(Cc2ccccc2)cc1Pc1ccccc1N1CCCCC1. The zero-order chi connectivity index (χ0) is 23.2. The van der Waals surface area contributed by atoms with Crippen LogP contribution >= 0.6 is 8.58 Å². The zero-order valence-corrected chi connectivity index (χ0v) is 20.6. The Kier molecular flexibility index (Phi) is 7.27. The number of phenols is 1. The largest absolute Gasteiger partial charge is 0.507 e. The molecule has 2 nitrogen and oxygen atoms in total. The number of benzene rings is 4. The van der Waals surface area contributed by atoms with Gasteiger partial charge in [-0.1, -0.05) is 93.5 Å². The third-order valence-corrected chi connectivity index (χ3v) is 7.95. The van der Waals surface area contributed by atoms with Crippen LogP contribution in [-0.2, 0) is 12.8 Å². The predicted molar refractivity (Wildman–Crippen MR) is 147 cm³/mol. The Balaban J connectivity index is 1.51. The van der Waals surface area contributed by atoms with Crippen molar-refractivity contribution in [1.29, 1.82) is 0 Å². The second kappa shape index (κ2) is 10.9. The summed E-state index contributed by atoms with van der Waals surface area (Å²) < 4.78 is 0. The van der Waals surface area contributed by atoms with E-state index < -0.39 is 0 Å². The molecule has 1 fully saturated rings. The van der Waals surface area contributed by atoms with Gasteiger partial charge in [0.15, 0.2) is 0 Å². The molecule has 1 heterocycles. The lowest BCUT2D eigenvalue weighted by Crippen LogP contribution is -2.32. The molecule has 1 atom stereocenters. The molecule has 4 aromatic carbocycles. The highest BCUT2D eigenvalue weighted by atomic mass is 31.1. The number of hydrogen-bond donors (Lipinski definition) is 1. The average Bonchev–Trinajstić information content (AvgIpc) is 2.89. The van der Waals surface area contributed by atoms with Crippen LogP contribution in [0.4, 0.5) is 5.69 Å². The van der Waals surface area contributed by atoms with Crippen molar-refractivity contribution in [3.8, 4) is 5.75 Å². The highest BCUT2D eigenvalue weighted by Crippen LogP contribution is 2.30. The monoisotopic (exact) mass is 465 g/mol. The first-order valence-corrected chi connectivity index (χ1v) is 13.3. The third-order valence-electron chi connectivity index (χ3n) is 6.61. The maximum absolute atomic E-state index is 11.4. The topological polar surface area (TPSA) is 23.5 Å². The minimum Gasteiger partial charge on any atom is -0.507 e. The molecule has 0 bridgehead atoms. The molecule has 0 amide bonds. The summed E-state index contributed by atoms with van der Waals surface area (Å²) in [5.74, 6) is 0.451. The second-order valence-corrected chi connectivity index (χ2v) is 10.5. The minimum atomic E-state index is 0.421. The van der Waals surface area contributed by atoms with Crippen LogP contribution in [0.25, 0.3) is 0 Å². The first kappa shape index (κ1) is 22.7. The molecule has 3 heteroatoms. The smallest absolute Gasteiger partial charge is 0.126 e. The molecule has 0 radical (unpaired) electrons. The van der Waals surface area contributed by atoms with Crippen molar-refractivity contribution in [2.75, 3.05) is 18.0 Å². The molecule has 1 N–H and O–H groups in total. The predicted octanol–water partition coefficient (Wildman–Crippen LogP) is 6.19. The Morgan fingerprint density at radius 1 is 0.618 bits per heavy atom. The number of rotatable bonds is 7. The van der Waals surface area contributed by atoms with E-state index in [-0.39, 0.29) is 0 Å². The van der Waals surface area contributed by atoms with Crippen LogP contribution in [0.15, 0.2) is 97.1 Å². The van der Waals surface area contributed by atoms with Crippen LogP contribution in [0.2, 0.25) is 0 Å². The van der Waals surface area contributed by atoms with Crippen LogP contribution in [-0.4, -0.2) is 18.2 Å². The van der Waals surface area contributed by atoms with Gasteiger partial charge in [-0.25, -0.2) is 0 Å². The molecular formula is C31H32NOP. The van der Waals surface area contributed by atoms with Gasteiger partial charge >= 0.3 is 0 Å². The summed E-state index contributed by atoms with van der Waals surface area (Å²) in [7, 11) is 0.421. The Labute approximate surface area is 205 Å². The highest BCUT2D eigenvalue weighted by molar-refractivity contribution is 7.56. The van der Waals surface area contributed by atoms with E-state index in [0.717, 1.165) is 36.8 Å². The molecule has 0 saturated carbocycles. The van der Waals surface area contributed by atoms with Gasteiger partial charge < -0.3 is 10.0 Å². The quantitative estimate of drug-likeness (QED) is 0.329. The Bertz CT molecular complexity index is 1220. The maximum atomic E-state index is 11.4. The molecule has 0 aliphatic carbocycles. The van der Waals surface area contributed by atoms with E-state index in [0.29, 0.717) is 14.3 Å². The Morgan fingerprint density at radius 2 is 1.24 bits per heavy atom. The Hall–Kier alpha value is -3.09. The minimum absolute atomic E-state index is 0.421. The molecule has 0 spiro atoms. The first-order chi connectivity index (χ1) is 16.8. The van der Waals surface area contributed by atoms with Gasteiger partial charge in [-0.3, -0.25) is 0 Å². The molecule has 0 aromatic heterocycles. The van der Waals surface area contributed by atoms with Gasteiger partial charge in [-0.05, 0) is 60.1 Å². The van der Waals surface area contributed by atoms with Crippen molar-refractivity contribution >= 4 is 24.9 Å². The average molecular weight is 466 g/mol. The summed E-state index contributed by atoms with van der Waals surface area (Å²) in [4.78, 5) is 2.53. The van der Waals surface area contributed by atoms with E-state index in [9.17, 15) is 5.11 Å². The van der Waals surface area contributed by atoms with Crippen molar-refractivity contribution in [3.05, 3.63) is 119 Å². The number of hydrogen-bond acceptors (Lipinski definition) is 2. The van der Waals surface area contributed by atoms with Gasteiger partial charge in [-0.15, -0.1) is 0 Å². The number of nitrogens with zero attached hydrogens (tertiary/aromatic N) is 1. The number of aromatic hydroxyl groups is 1. The Morgan fingerprint density at radius 3 is 1.94 bits per heavy atom.